The predicted octanol–water partition coefficient (Wildman–Crippen LogP) is 1.99. The number of aryl methyl sites for hydroxylation is 1. The van der Waals surface area contributed by atoms with Gasteiger partial charge in [-0.25, -0.2) is 0 Å². The summed E-state index contributed by atoms with van der Waals surface area (Å²) >= 11 is 0. The minimum Gasteiger partial charge on any atom is -0.455 e. The van der Waals surface area contributed by atoms with Crippen LogP contribution in [0.2, 0.25) is 0 Å². The van der Waals surface area contributed by atoms with Crippen molar-refractivity contribution in [3.63, 3.8) is 0 Å². The molecule has 2 aromatic rings. The summed E-state index contributed by atoms with van der Waals surface area (Å²) < 4.78 is 13.2. The molecule has 4 heteroatoms. The summed E-state index contributed by atoms with van der Waals surface area (Å²) in [5.74, 6) is 0.389. The van der Waals surface area contributed by atoms with Gasteiger partial charge < -0.3 is 14.0 Å². The van der Waals surface area contributed by atoms with Gasteiger partial charge in [-0.3, -0.25) is 4.79 Å². The highest BCUT2D eigenvalue weighted by atomic mass is 16.7. The lowest BCUT2D eigenvalue weighted by Crippen LogP contribution is -2.25. The van der Waals surface area contributed by atoms with Crippen molar-refractivity contribution in [3.8, 4) is 5.75 Å². The molecule has 0 saturated carbocycles. The van der Waals surface area contributed by atoms with E-state index in [1.807, 2.05) is 41.9 Å². The molecule has 0 spiro atoms. The molecule has 0 saturated heterocycles. The molecular formula is C14H13NO3. The summed E-state index contributed by atoms with van der Waals surface area (Å²) in [7, 11) is 1.87. The fourth-order valence-corrected chi connectivity index (χ4v) is 2.01. The summed E-state index contributed by atoms with van der Waals surface area (Å²) in [6.07, 6.45) is 1.21. The Kier molecular flexibility index (Phi) is 2.64. The van der Waals surface area contributed by atoms with Crippen LogP contribution in [0.1, 0.15) is 17.5 Å². The largest absolute Gasteiger partial charge is 0.455 e. The quantitative estimate of drug-likeness (QED) is 0.769. The standard InChI is InChI=1S/C14H13NO3/c1-15-8-7-12(16)13-11(15)9-17-14(18-13)10-5-3-2-4-6-10/h2-8,14H,9H2,1H3/t14-/m0/s1. The van der Waals surface area contributed by atoms with Crippen LogP contribution >= 0.6 is 0 Å². The average Bonchev–Trinajstić information content (AvgIpc) is 2.44. The van der Waals surface area contributed by atoms with Crippen molar-refractivity contribution in [2.75, 3.05) is 0 Å². The van der Waals surface area contributed by atoms with Crippen LogP contribution in [0.5, 0.6) is 5.75 Å². The predicted molar refractivity (Wildman–Crippen MR) is 66.3 cm³/mol. The van der Waals surface area contributed by atoms with Gasteiger partial charge in [-0.05, 0) is 0 Å². The molecule has 0 unspecified atom stereocenters. The Morgan fingerprint density at radius 1 is 1.22 bits per heavy atom. The number of aromatic nitrogens is 1. The van der Waals surface area contributed by atoms with Gasteiger partial charge in [0, 0.05) is 24.9 Å². The molecule has 1 aliphatic rings. The molecule has 3 rings (SSSR count). The van der Waals surface area contributed by atoms with Gasteiger partial charge >= 0.3 is 0 Å². The van der Waals surface area contributed by atoms with Crippen LogP contribution in [-0.2, 0) is 18.4 Å². The lowest BCUT2D eigenvalue weighted by molar-refractivity contribution is -0.115. The molecule has 1 atom stereocenters. The second kappa shape index (κ2) is 4.31. The van der Waals surface area contributed by atoms with E-state index < -0.39 is 6.29 Å². The van der Waals surface area contributed by atoms with Crippen molar-refractivity contribution in [2.45, 2.75) is 12.9 Å². The molecule has 18 heavy (non-hydrogen) atoms. The van der Waals surface area contributed by atoms with E-state index in [2.05, 4.69) is 0 Å². The molecule has 0 fully saturated rings. The minimum absolute atomic E-state index is 0.104. The summed E-state index contributed by atoms with van der Waals surface area (Å²) in [4.78, 5) is 11.8. The van der Waals surface area contributed by atoms with Gasteiger partial charge in [0.25, 0.3) is 0 Å². The molecule has 2 heterocycles. The summed E-state index contributed by atoms with van der Waals surface area (Å²) in [6, 6.07) is 11.1. The first-order chi connectivity index (χ1) is 8.75. The van der Waals surface area contributed by atoms with E-state index in [4.69, 9.17) is 9.47 Å². The van der Waals surface area contributed by atoms with Crippen LogP contribution in [0, 0.1) is 0 Å². The molecule has 0 aliphatic carbocycles. The number of rotatable bonds is 1. The lowest BCUT2D eigenvalue weighted by atomic mass is 10.2. The number of hydrogen-bond donors (Lipinski definition) is 0. The SMILES string of the molecule is Cn1ccc(=O)c2c1CO[C@H](c1ccccc1)O2. The molecular weight excluding hydrogens is 230 g/mol. The summed E-state index contributed by atoms with van der Waals surface area (Å²) in [6.45, 7) is 0.376. The molecule has 0 bridgehead atoms. The zero-order valence-corrected chi connectivity index (χ0v) is 10.00. The van der Waals surface area contributed by atoms with E-state index in [9.17, 15) is 4.79 Å². The highest BCUT2D eigenvalue weighted by molar-refractivity contribution is 5.30. The maximum Gasteiger partial charge on any atom is 0.227 e. The van der Waals surface area contributed by atoms with Gasteiger partial charge in [0.15, 0.2) is 5.75 Å². The Bertz CT molecular complexity index is 619. The van der Waals surface area contributed by atoms with Crippen LogP contribution in [0.3, 0.4) is 0 Å². The number of pyridine rings is 1. The molecule has 1 aromatic heterocycles. The van der Waals surface area contributed by atoms with Crippen molar-refractivity contribution in [2.24, 2.45) is 7.05 Å². The summed E-state index contributed by atoms with van der Waals surface area (Å²) in [5.41, 5.74) is 1.58. The van der Waals surface area contributed by atoms with Crippen molar-refractivity contribution >= 4 is 0 Å². The topological polar surface area (TPSA) is 40.5 Å². The van der Waals surface area contributed by atoms with Gasteiger partial charge in [-0.1, -0.05) is 30.3 Å². The minimum atomic E-state index is -0.506. The molecule has 4 nitrogen and oxygen atoms in total. The van der Waals surface area contributed by atoms with E-state index >= 15 is 0 Å². The van der Waals surface area contributed by atoms with E-state index in [1.54, 1.807) is 6.20 Å². The molecule has 1 aromatic carbocycles. The van der Waals surface area contributed by atoms with Gasteiger partial charge in [0.05, 0.1) is 12.3 Å². The molecule has 1 aliphatic heterocycles. The highest BCUT2D eigenvalue weighted by Gasteiger charge is 2.24. The number of benzene rings is 1. The lowest BCUT2D eigenvalue weighted by Gasteiger charge is -2.27. The molecule has 0 radical (unpaired) electrons. The fourth-order valence-electron chi connectivity index (χ4n) is 2.01. The molecule has 0 N–H and O–H groups in total. The second-order valence-electron chi connectivity index (χ2n) is 4.24. The van der Waals surface area contributed by atoms with E-state index in [-0.39, 0.29) is 5.43 Å². The second-order valence-corrected chi connectivity index (χ2v) is 4.24. The third kappa shape index (κ3) is 1.80. The van der Waals surface area contributed by atoms with Crippen LogP contribution in [0.4, 0.5) is 0 Å². The first-order valence-electron chi connectivity index (χ1n) is 5.77. The van der Waals surface area contributed by atoms with Gasteiger partial charge in [0.1, 0.15) is 0 Å². The first-order valence-corrected chi connectivity index (χ1v) is 5.77. The molecule has 92 valence electrons. The van der Waals surface area contributed by atoms with Crippen LogP contribution in [0.15, 0.2) is 47.4 Å². The highest BCUT2D eigenvalue weighted by Crippen LogP contribution is 2.29. The van der Waals surface area contributed by atoms with Crippen molar-refractivity contribution in [1.29, 1.82) is 0 Å². The van der Waals surface area contributed by atoms with E-state index in [0.717, 1.165) is 11.3 Å². The van der Waals surface area contributed by atoms with Gasteiger partial charge in [-0.2, -0.15) is 0 Å². The monoisotopic (exact) mass is 243 g/mol. The smallest absolute Gasteiger partial charge is 0.227 e. The van der Waals surface area contributed by atoms with Crippen molar-refractivity contribution < 1.29 is 9.47 Å². The van der Waals surface area contributed by atoms with Gasteiger partial charge in [-0.15, -0.1) is 0 Å². The zero-order valence-electron chi connectivity index (χ0n) is 10.00. The maximum absolute atomic E-state index is 11.8. The molecule has 0 amide bonds. The third-order valence-electron chi connectivity index (χ3n) is 3.03. The Morgan fingerprint density at radius 2 is 2.00 bits per heavy atom. The Morgan fingerprint density at radius 3 is 2.78 bits per heavy atom. The van der Waals surface area contributed by atoms with E-state index in [1.165, 1.54) is 6.07 Å². The Hall–Kier alpha value is -2.07. The van der Waals surface area contributed by atoms with Crippen LogP contribution < -0.4 is 10.2 Å². The fraction of sp³-hybridized carbons (Fsp3) is 0.214. The number of nitrogens with zero attached hydrogens (tertiary/aromatic N) is 1. The first kappa shape index (κ1) is 11.0. The zero-order chi connectivity index (χ0) is 12.5. The van der Waals surface area contributed by atoms with Gasteiger partial charge in [0.2, 0.25) is 11.7 Å². The van der Waals surface area contributed by atoms with Crippen molar-refractivity contribution in [3.05, 3.63) is 64.1 Å². The average molecular weight is 243 g/mol. The number of ether oxygens (including phenoxy) is 2. The van der Waals surface area contributed by atoms with Crippen LogP contribution in [-0.4, -0.2) is 4.57 Å². The summed E-state index contributed by atoms with van der Waals surface area (Å²) in [5, 5.41) is 0. The van der Waals surface area contributed by atoms with E-state index in [0.29, 0.717) is 12.4 Å². The number of hydrogen-bond acceptors (Lipinski definition) is 3. The normalized spacial score (nSPS) is 17.9. The van der Waals surface area contributed by atoms with Crippen molar-refractivity contribution in [1.82, 2.24) is 4.57 Å². The number of fused-ring (bicyclic) bond motifs is 1. The maximum atomic E-state index is 11.8. The Balaban J connectivity index is 1.99. The Labute approximate surface area is 104 Å². The third-order valence-corrected chi connectivity index (χ3v) is 3.03. The van der Waals surface area contributed by atoms with Crippen LogP contribution in [0.25, 0.3) is 0 Å².